The Kier molecular flexibility index (Phi) is 6.98. The molecular weight excluding hydrogens is 448 g/mol. The summed E-state index contributed by atoms with van der Waals surface area (Å²) in [5, 5.41) is 11.8. The molecule has 0 spiro atoms. The summed E-state index contributed by atoms with van der Waals surface area (Å²) in [6.07, 6.45) is 2.75. The molecule has 0 radical (unpaired) electrons. The number of amides is 1. The monoisotopic (exact) mass is 466 g/mol. The third-order valence-corrected chi connectivity index (χ3v) is 4.62. The van der Waals surface area contributed by atoms with Gasteiger partial charge in [-0.2, -0.15) is 0 Å². The lowest BCUT2D eigenvalue weighted by molar-refractivity contribution is -0.132. The summed E-state index contributed by atoms with van der Waals surface area (Å²) in [6, 6.07) is 18.2. The molecule has 0 aliphatic rings. The minimum atomic E-state index is -1.24. The Bertz CT molecular complexity index is 1080. The number of carboxylic acids is 1. The molecule has 6 nitrogen and oxygen atoms in total. The molecule has 0 aliphatic carbocycles. The van der Waals surface area contributed by atoms with Crippen LogP contribution in [0.25, 0.3) is 6.08 Å². The lowest BCUT2D eigenvalue weighted by atomic mass is 10.1. The molecular formula is C23H19BrN2O4. The Labute approximate surface area is 182 Å². The molecule has 0 atom stereocenters. The summed E-state index contributed by atoms with van der Waals surface area (Å²) in [5.41, 5.74) is 2.86. The molecule has 3 rings (SSSR count). The molecule has 0 saturated heterocycles. The Hall–Kier alpha value is -3.45. The van der Waals surface area contributed by atoms with Gasteiger partial charge in [0.2, 0.25) is 0 Å². The highest BCUT2D eigenvalue weighted by atomic mass is 79.9. The molecule has 1 amide bonds. The van der Waals surface area contributed by atoms with Crippen LogP contribution in [0.15, 0.2) is 77.2 Å². The smallest absolute Gasteiger partial charge is 0.352 e. The number of carboxylic acid groups (broad SMARTS) is 1. The number of halogens is 1. The zero-order valence-electron chi connectivity index (χ0n) is 16.1. The van der Waals surface area contributed by atoms with Crippen molar-refractivity contribution < 1.29 is 19.4 Å². The summed E-state index contributed by atoms with van der Waals surface area (Å²) < 4.78 is 6.35. The number of carbonyl (C=O) groups excluding carboxylic acids is 1. The molecule has 152 valence electrons. The van der Waals surface area contributed by atoms with Crippen molar-refractivity contribution in [3.8, 4) is 5.75 Å². The van der Waals surface area contributed by atoms with E-state index in [1.165, 1.54) is 17.8 Å². The summed E-state index contributed by atoms with van der Waals surface area (Å²) in [4.78, 5) is 27.8. The summed E-state index contributed by atoms with van der Waals surface area (Å²) in [6.45, 7) is 2.46. The predicted octanol–water partition coefficient (Wildman–Crippen LogP) is 4.59. The third-order valence-electron chi connectivity index (χ3n) is 4.15. The molecule has 1 aromatic heterocycles. The molecule has 2 N–H and O–H groups in total. The Morgan fingerprint density at radius 3 is 2.53 bits per heavy atom. The van der Waals surface area contributed by atoms with Crippen LogP contribution < -0.4 is 10.1 Å². The van der Waals surface area contributed by atoms with E-state index in [0.29, 0.717) is 22.5 Å². The van der Waals surface area contributed by atoms with Crippen molar-refractivity contribution >= 4 is 33.9 Å². The van der Waals surface area contributed by atoms with Gasteiger partial charge in [0.05, 0.1) is 5.56 Å². The minimum absolute atomic E-state index is 0.239. The first-order valence-corrected chi connectivity index (χ1v) is 9.86. The lowest BCUT2D eigenvalue weighted by Gasteiger charge is -2.08. The van der Waals surface area contributed by atoms with Gasteiger partial charge in [0.1, 0.15) is 22.7 Å². The highest BCUT2D eigenvalue weighted by Crippen LogP contribution is 2.17. The zero-order valence-corrected chi connectivity index (χ0v) is 17.7. The fraction of sp³-hybridized carbons (Fsp3) is 0.0870. The highest BCUT2D eigenvalue weighted by molar-refractivity contribution is 9.10. The molecule has 1 heterocycles. The van der Waals surface area contributed by atoms with Crippen molar-refractivity contribution in [1.82, 2.24) is 10.3 Å². The lowest BCUT2D eigenvalue weighted by Crippen LogP contribution is -2.27. The van der Waals surface area contributed by atoms with Crippen molar-refractivity contribution in [3.63, 3.8) is 0 Å². The van der Waals surface area contributed by atoms with Crippen LogP contribution in [0, 0.1) is 6.92 Å². The van der Waals surface area contributed by atoms with E-state index in [1.807, 2.05) is 25.1 Å². The number of ether oxygens (including phenoxy) is 1. The van der Waals surface area contributed by atoms with Gasteiger partial charge in [-0.3, -0.25) is 4.79 Å². The number of carbonyl (C=O) groups is 2. The molecule has 0 bridgehead atoms. The van der Waals surface area contributed by atoms with E-state index in [1.54, 1.807) is 36.4 Å². The quantitative estimate of drug-likeness (QED) is 0.392. The standard InChI is InChI=1S/C23H19BrN2O4/c1-15-3-2-4-17(11-15)14-30-19-8-5-16(6-9-19)12-20(23(28)29)26-22(27)18-7-10-21(24)25-13-18/h2-13H,14H2,1H3,(H,26,27)(H,28,29)/b20-12-. The number of aliphatic carboxylic acids is 1. The van der Waals surface area contributed by atoms with Gasteiger partial charge in [-0.1, -0.05) is 42.0 Å². The van der Waals surface area contributed by atoms with E-state index in [9.17, 15) is 14.7 Å². The first kappa shape index (κ1) is 21.3. The van der Waals surface area contributed by atoms with Gasteiger partial charge in [-0.25, -0.2) is 9.78 Å². The Morgan fingerprint density at radius 2 is 1.90 bits per heavy atom. The molecule has 30 heavy (non-hydrogen) atoms. The van der Waals surface area contributed by atoms with Crippen LogP contribution in [-0.2, 0) is 11.4 Å². The van der Waals surface area contributed by atoms with Gasteiger partial charge in [-0.15, -0.1) is 0 Å². The van der Waals surface area contributed by atoms with Crippen LogP contribution in [0.3, 0.4) is 0 Å². The average Bonchev–Trinajstić information content (AvgIpc) is 2.73. The van der Waals surface area contributed by atoms with Crippen molar-refractivity contribution in [2.24, 2.45) is 0 Å². The summed E-state index contributed by atoms with van der Waals surface area (Å²) >= 11 is 3.19. The maximum absolute atomic E-state index is 12.3. The third kappa shape index (κ3) is 6.02. The van der Waals surface area contributed by atoms with Crippen LogP contribution >= 0.6 is 15.9 Å². The number of nitrogens with zero attached hydrogens (tertiary/aromatic N) is 1. The average molecular weight is 467 g/mol. The van der Waals surface area contributed by atoms with Gasteiger partial charge in [0, 0.05) is 6.20 Å². The van der Waals surface area contributed by atoms with Gasteiger partial charge in [0.15, 0.2) is 0 Å². The first-order valence-electron chi connectivity index (χ1n) is 9.07. The van der Waals surface area contributed by atoms with Crippen molar-refractivity contribution in [1.29, 1.82) is 0 Å². The van der Waals surface area contributed by atoms with E-state index in [0.717, 1.165) is 5.56 Å². The van der Waals surface area contributed by atoms with Gasteiger partial charge < -0.3 is 15.2 Å². The van der Waals surface area contributed by atoms with Crippen LogP contribution in [0.1, 0.15) is 27.0 Å². The van der Waals surface area contributed by atoms with E-state index in [4.69, 9.17) is 4.74 Å². The number of rotatable bonds is 7. The fourth-order valence-electron chi connectivity index (χ4n) is 2.65. The molecule has 7 heteroatoms. The van der Waals surface area contributed by atoms with Gasteiger partial charge >= 0.3 is 5.97 Å². The predicted molar refractivity (Wildman–Crippen MR) is 117 cm³/mol. The van der Waals surface area contributed by atoms with Crippen LogP contribution in [0.2, 0.25) is 0 Å². The number of aromatic nitrogens is 1. The SMILES string of the molecule is Cc1cccc(COc2ccc(/C=C(\NC(=O)c3ccc(Br)nc3)C(=O)O)cc2)c1. The van der Waals surface area contributed by atoms with Gasteiger partial charge in [-0.05, 0) is 64.3 Å². The van der Waals surface area contributed by atoms with Crippen LogP contribution in [-0.4, -0.2) is 22.0 Å². The molecule has 0 fully saturated rings. The molecule has 3 aromatic rings. The van der Waals surface area contributed by atoms with E-state index < -0.39 is 11.9 Å². The normalized spacial score (nSPS) is 11.1. The van der Waals surface area contributed by atoms with E-state index >= 15 is 0 Å². The number of hydrogen-bond donors (Lipinski definition) is 2. The van der Waals surface area contributed by atoms with E-state index in [-0.39, 0.29) is 11.3 Å². The second kappa shape index (κ2) is 9.84. The maximum atomic E-state index is 12.3. The van der Waals surface area contributed by atoms with Crippen molar-refractivity contribution in [2.75, 3.05) is 0 Å². The van der Waals surface area contributed by atoms with E-state index in [2.05, 4.69) is 32.3 Å². The highest BCUT2D eigenvalue weighted by Gasteiger charge is 2.14. The molecule has 2 aromatic carbocycles. The van der Waals surface area contributed by atoms with Gasteiger partial charge in [0.25, 0.3) is 5.91 Å². The molecule has 0 unspecified atom stereocenters. The van der Waals surface area contributed by atoms with Crippen LogP contribution in [0.4, 0.5) is 0 Å². The molecule has 0 aliphatic heterocycles. The van der Waals surface area contributed by atoms with Crippen LogP contribution in [0.5, 0.6) is 5.75 Å². The first-order chi connectivity index (χ1) is 14.4. The topological polar surface area (TPSA) is 88.5 Å². The Morgan fingerprint density at radius 1 is 1.13 bits per heavy atom. The van der Waals surface area contributed by atoms with Crippen molar-refractivity contribution in [2.45, 2.75) is 13.5 Å². The second-order valence-corrected chi connectivity index (χ2v) is 7.35. The minimum Gasteiger partial charge on any atom is -0.489 e. The summed E-state index contributed by atoms with van der Waals surface area (Å²) in [5.74, 6) is -1.13. The fourth-order valence-corrected chi connectivity index (χ4v) is 2.89. The number of aryl methyl sites for hydroxylation is 1. The number of benzene rings is 2. The summed E-state index contributed by atoms with van der Waals surface area (Å²) in [7, 11) is 0. The zero-order chi connectivity index (χ0) is 21.5. The number of pyridine rings is 1. The largest absolute Gasteiger partial charge is 0.489 e. The maximum Gasteiger partial charge on any atom is 0.352 e. The Balaban J connectivity index is 1.67. The number of nitrogens with one attached hydrogen (secondary N) is 1. The van der Waals surface area contributed by atoms with Crippen molar-refractivity contribution in [3.05, 3.63) is 99.4 Å². The second-order valence-electron chi connectivity index (χ2n) is 6.53. The number of hydrogen-bond acceptors (Lipinski definition) is 4. The molecule has 0 saturated carbocycles.